The van der Waals surface area contributed by atoms with Crippen LogP contribution in [0.5, 0.6) is 0 Å². The molecule has 6 rings (SSSR count). The van der Waals surface area contributed by atoms with Crippen molar-refractivity contribution in [3.05, 3.63) is 152 Å². The van der Waals surface area contributed by atoms with Gasteiger partial charge in [0.2, 0.25) is 0 Å². The Labute approximate surface area is 231 Å². The van der Waals surface area contributed by atoms with Crippen molar-refractivity contribution in [2.45, 2.75) is 6.42 Å². The summed E-state index contributed by atoms with van der Waals surface area (Å²) in [5, 5.41) is 5.39. The zero-order valence-corrected chi connectivity index (χ0v) is 22.8. The molecule has 0 heterocycles. The van der Waals surface area contributed by atoms with Gasteiger partial charge in [0.25, 0.3) is 0 Å². The molecule has 1 aliphatic carbocycles. The molecule has 0 aliphatic heterocycles. The van der Waals surface area contributed by atoms with Gasteiger partial charge in [0, 0.05) is 0 Å². The van der Waals surface area contributed by atoms with Gasteiger partial charge in [0.1, 0.15) is 0 Å². The quantitative estimate of drug-likeness (QED) is 0.254. The summed E-state index contributed by atoms with van der Waals surface area (Å²) in [6.45, 7) is 0. The van der Waals surface area contributed by atoms with E-state index in [2.05, 4.69) is 83.1 Å². The van der Waals surface area contributed by atoms with Crippen LogP contribution in [0.25, 0.3) is 21.5 Å². The Bertz CT molecular complexity index is 1030. The second-order valence-electron chi connectivity index (χ2n) is 6.48. The Morgan fingerprint density at radius 2 is 1.06 bits per heavy atom. The SMILES string of the molecule is [C-]1=CC=CC1.[CH2]=[Zr+2].[Cl-].[Cl-].[c-]1ccccc1.[c-]1ccccc1.c1ccc2c(c1)[cH-]c1ccccc12. The average molecular weight is 561 g/mol. The Morgan fingerprint density at radius 1 is 0.618 bits per heavy atom. The molecule has 0 saturated carbocycles. The van der Waals surface area contributed by atoms with Crippen LogP contribution >= 0.6 is 0 Å². The second kappa shape index (κ2) is 21.1. The number of benzene rings is 4. The normalized spacial score (nSPS) is 9.82. The largest absolute Gasteiger partial charge is 1.00 e. The zero-order valence-electron chi connectivity index (χ0n) is 18.9. The molecule has 5 aromatic rings. The van der Waals surface area contributed by atoms with Gasteiger partial charge in [-0.1, -0.05) is 36.4 Å². The van der Waals surface area contributed by atoms with E-state index in [1.807, 2.05) is 72.8 Å². The van der Waals surface area contributed by atoms with Crippen molar-refractivity contribution in [3.8, 4) is 0 Å². The van der Waals surface area contributed by atoms with E-state index in [0.29, 0.717) is 0 Å². The van der Waals surface area contributed by atoms with Crippen LogP contribution < -0.4 is 24.8 Å². The number of fused-ring (bicyclic) bond motifs is 3. The molecule has 0 spiro atoms. The minimum Gasteiger partial charge on any atom is -1.00 e. The van der Waals surface area contributed by atoms with Crippen molar-refractivity contribution < 1.29 is 49.0 Å². The van der Waals surface area contributed by atoms with Crippen LogP contribution in [0.1, 0.15) is 6.42 Å². The first-order chi connectivity index (χ1) is 15.9. The van der Waals surface area contributed by atoms with Crippen LogP contribution in [-0.2, 0) is 24.2 Å². The topological polar surface area (TPSA) is 0 Å². The molecule has 1 aliphatic rings. The van der Waals surface area contributed by atoms with Crippen molar-refractivity contribution >= 4 is 25.8 Å². The molecule has 5 aromatic carbocycles. The molecule has 0 unspecified atom stereocenters. The fourth-order valence-electron chi connectivity index (χ4n) is 2.93. The van der Waals surface area contributed by atoms with Crippen molar-refractivity contribution in [1.29, 1.82) is 0 Å². The predicted molar refractivity (Wildman–Crippen MR) is 136 cm³/mol. The maximum atomic E-state index is 3.34. The molecule has 0 fully saturated rings. The van der Waals surface area contributed by atoms with Crippen LogP contribution in [0, 0.1) is 18.2 Å². The van der Waals surface area contributed by atoms with Crippen molar-refractivity contribution in [3.63, 3.8) is 0 Å². The minimum absolute atomic E-state index is 0. The van der Waals surface area contributed by atoms with Crippen LogP contribution in [0.3, 0.4) is 0 Å². The monoisotopic (exact) mass is 558 g/mol. The first-order valence-electron chi connectivity index (χ1n) is 10.4. The number of halogens is 2. The van der Waals surface area contributed by atoms with Crippen LogP contribution in [0.15, 0.2) is 133 Å². The number of hydrogen-bond donors (Lipinski definition) is 0. The van der Waals surface area contributed by atoms with Gasteiger partial charge in [-0.25, -0.2) is 12.2 Å². The van der Waals surface area contributed by atoms with E-state index in [4.69, 9.17) is 0 Å². The summed E-state index contributed by atoms with van der Waals surface area (Å²) in [6, 6.07) is 44.3. The molecule has 0 amide bonds. The predicted octanol–water partition coefficient (Wildman–Crippen LogP) is 1.96. The zero-order chi connectivity index (χ0) is 22.7. The third-order valence-corrected chi connectivity index (χ3v) is 4.32. The molecule has 0 atom stereocenters. The summed E-state index contributed by atoms with van der Waals surface area (Å²) in [6.07, 6.45) is 10.0. The van der Waals surface area contributed by atoms with E-state index in [-0.39, 0.29) is 24.8 Å². The smallest absolute Gasteiger partial charge is 0.0771 e. The molecule has 0 saturated heterocycles. The molecule has 0 bridgehead atoms. The van der Waals surface area contributed by atoms with Gasteiger partial charge in [-0.2, -0.15) is 78.9 Å². The van der Waals surface area contributed by atoms with Crippen LogP contribution in [0.4, 0.5) is 0 Å². The van der Waals surface area contributed by atoms with Crippen molar-refractivity contribution in [2.24, 2.45) is 0 Å². The summed E-state index contributed by atoms with van der Waals surface area (Å²) < 4.78 is 3.34. The fraction of sp³-hybridized carbons (Fsp3) is 0.0323. The maximum Gasteiger partial charge on any atom is -0.0771 e. The molecule has 0 radical (unpaired) electrons. The van der Waals surface area contributed by atoms with E-state index in [1.165, 1.54) is 45.8 Å². The van der Waals surface area contributed by atoms with Crippen LogP contribution in [0.2, 0.25) is 0 Å². The summed E-state index contributed by atoms with van der Waals surface area (Å²) in [4.78, 5) is 0. The van der Waals surface area contributed by atoms with Gasteiger partial charge < -0.3 is 24.8 Å². The Balaban J connectivity index is 0.000000444. The first kappa shape index (κ1) is 31.6. The molecule has 3 heteroatoms. The van der Waals surface area contributed by atoms with Gasteiger partial charge in [-0.3, -0.25) is 6.08 Å². The summed E-state index contributed by atoms with van der Waals surface area (Å²) >= 11 is 1.30. The van der Waals surface area contributed by atoms with Gasteiger partial charge in [0.05, 0.1) is 0 Å². The average Bonchev–Trinajstić information content (AvgIpc) is 3.60. The molecule has 34 heavy (non-hydrogen) atoms. The van der Waals surface area contributed by atoms with E-state index < -0.39 is 0 Å². The minimum atomic E-state index is 0. The van der Waals surface area contributed by atoms with Gasteiger partial charge >= 0.3 is 28.4 Å². The van der Waals surface area contributed by atoms with E-state index in [9.17, 15) is 0 Å². The summed E-state index contributed by atoms with van der Waals surface area (Å²) in [5.74, 6) is 0. The molecule has 0 N–H and O–H groups in total. The van der Waals surface area contributed by atoms with E-state index in [0.717, 1.165) is 6.42 Å². The maximum absolute atomic E-state index is 3.34. The summed E-state index contributed by atoms with van der Waals surface area (Å²) in [5.41, 5.74) is 0. The van der Waals surface area contributed by atoms with Gasteiger partial charge in [-0.05, 0) is 0 Å². The Kier molecular flexibility index (Phi) is 19.6. The molecule has 172 valence electrons. The fourth-order valence-corrected chi connectivity index (χ4v) is 2.93. The molecule has 0 aromatic heterocycles. The van der Waals surface area contributed by atoms with Crippen molar-refractivity contribution in [2.75, 3.05) is 0 Å². The van der Waals surface area contributed by atoms with E-state index in [1.54, 1.807) is 0 Å². The number of allylic oxidation sites excluding steroid dienone is 4. The van der Waals surface area contributed by atoms with E-state index >= 15 is 0 Å². The third-order valence-electron chi connectivity index (χ3n) is 4.32. The molecular weight excluding hydrogens is 534 g/mol. The number of rotatable bonds is 0. The standard InChI is InChI=1S/C13H9.2C6H5.C5H5.CH2.2ClH.Zr/c1-3-7-12-10(5-1)9-11-6-2-4-8-13(11)12;2*1-2-4-6-5-3-1;1-2-4-5-3-1;;;;/h1-9H;2*1-5H;1-3H,4H2;1H2;2*1H;/q4*-1;;;;+2/p-2. The summed E-state index contributed by atoms with van der Waals surface area (Å²) in [7, 11) is 0. The molecular formula is C31H26Cl2Zr-4. The van der Waals surface area contributed by atoms with Crippen molar-refractivity contribution in [1.82, 2.24) is 0 Å². The second-order valence-corrected chi connectivity index (χ2v) is 6.48. The van der Waals surface area contributed by atoms with Gasteiger partial charge in [0.15, 0.2) is 0 Å². The first-order valence-corrected chi connectivity index (χ1v) is 12.1. The Hall–Kier alpha value is -2.44. The van der Waals surface area contributed by atoms with Gasteiger partial charge in [-0.15, -0.1) is 46.2 Å². The number of hydrogen-bond acceptors (Lipinski definition) is 0. The third kappa shape index (κ3) is 12.1. The van der Waals surface area contributed by atoms with Crippen LogP contribution in [-0.4, -0.2) is 4.21 Å². The molecule has 0 nitrogen and oxygen atoms in total. The Morgan fingerprint density at radius 3 is 1.32 bits per heavy atom.